The van der Waals surface area contributed by atoms with Gasteiger partial charge in [-0.15, -0.1) is 0 Å². The highest BCUT2D eigenvalue weighted by atomic mass is 19.1. The molecule has 176 valence electrons. The van der Waals surface area contributed by atoms with Gasteiger partial charge in [-0.2, -0.15) is 5.10 Å². The van der Waals surface area contributed by atoms with Crippen LogP contribution in [0.25, 0.3) is 55.8 Å². The molecule has 5 heterocycles. The highest BCUT2D eigenvalue weighted by Gasteiger charge is 2.16. The van der Waals surface area contributed by atoms with Crippen LogP contribution in [-0.2, 0) is 0 Å². The zero-order chi connectivity index (χ0) is 24.6. The Balaban J connectivity index is 1.40. The smallest absolute Gasteiger partial charge is 0.181 e. The summed E-state index contributed by atoms with van der Waals surface area (Å²) in [6.07, 6.45) is 7.78. The maximum atomic E-state index is 13.8. The molecule has 0 aliphatic rings. The first-order chi connectivity index (χ1) is 17.6. The third-order valence-corrected chi connectivity index (χ3v) is 6.00. The molecule has 0 unspecified atom stereocenters. The molecule has 5 aromatic heterocycles. The summed E-state index contributed by atoms with van der Waals surface area (Å²) in [5.41, 5.74) is 6.87. The van der Waals surface area contributed by atoms with E-state index in [2.05, 4.69) is 42.0 Å². The second-order valence-corrected chi connectivity index (χ2v) is 8.39. The zero-order valence-electron chi connectivity index (χ0n) is 19.4. The van der Waals surface area contributed by atoms with Crippen molar-refractivity contribution in [3.8, 4) is 33.8 Å². The number of nitrogens with one attached hydrogen (secondary N) is 3. The molecule has 9 heteroatoms. The lowest BCUT2D eigenvalue weighted by molar-refractivity contribution is 0.628. The molecular formula is C27H21FN8. The van der Waals surface area contributed by atoms with Crippen LogP contribution in [0.2, 0.25) is 0 Å². The number of aromatic amines is 2. The van der Waals surface area contributed by atoms with Crippen molar-refractivity contribution < 1.29 is 4.39 Å². The number of nitrogens with zero attached hydrogens (tertiary/aromatic N) is 5. The van der Waals surface area contributed by atoms with Gasteiger partial charge in [-0.3, -0.25) is 10.1 Å². The minimum Gasteiger partial charge on any atom is -0.344 e. The van der Waals surface area contributed by atoms with Crippen molar-refractivity contribution in [3.63, 3.8) is 0 Å². The van der Waals surface area contributed by atoms with E-state index in [0.29, 0.717) is 28.2 Å². The molecule has 8 nitrogen and oxygen atoms in total. The summed E-state index contributed by atoms with van der Waals surface area (Å²) in [5, 5.41) is 11.4. The Kier molecular flexibility index (Phi) is 5.22. The molecule has 0 fully saturated rings. The van der Waals surface area contributed by atoms with Gasteiger partial charge in [0.25, 0.3) is 0 Å². The fraction of sp³-hybridized carbons (Fsp3) is 0.0741. The van der Waals surface area contributed by atoms with Crippen molar-refractivity contribution in [2.45, 2.75) is 13.3 Å². The third kappa shape index (κ3) is 3.86. The molecule has 1 aromatic carbocycles. The van der Waals surface area contributed by atoms with Gasteiger partial charge < -0.3 is 10.3 Å². The molecular weight excluding hydrogens is 455 g/mol. The highest BCUT2D eigenvalue weighted by molar-refractivity contribution is 5.96. The van der Waals surface area contributed by atoms with Gasteiger partial charge >= 0.3 is 0 Å². The number of imidazole rings is 1. The fourth-order valence-corrected chi connectivity index (χ4v) is 4.06. The molecule has 0 saturated heterocycles. The molecule has 6 aromatic rings. The van der Waals surface area contributed by atoms with E-state index in [9.17, 15) is 4.39 Å². The number of H-pyrrole nitrogens is 2. The van der Waals surface area contributed by atoms with Crippen molar-refractivity contribution in [2.75, 3.05) is 5.32 Å². The van der Waals surface area contributed by atoms with E-state index in [1.807, 2.05) is 31.2 Å². The van der Waals surface area contributed by atoms with Gasteiger partial charge in [-0.1, -0.05) is 25.6 Å². The summed E-state index contributed by atoms with van der Waals surface area (Å²) >= 11 is 0. The summed E-state index contributed by atoms with van der Waals surface area (Å²) in [5.74, 6) is 1.02. The average Bonchev–Trinajstić information content (AvgIpc) is 3.52. The number of hydrogen-bond acceptors (Lipinski definition) is 6. The van der Waals surface area contributed by atoms with E-state index >= 15 is 0 Å². The topological polar surface area (TPSA) is 108 Å². The second-order valence-electron chi connectivity index (χ2n) is 8.39. The Morgan fingerprint density at radius 2 is 1.89 bits per heavy atom. The van der Waals surface area contributed by atoms with E-state index in [1.54, 1.807) is 30.9 Å². The van der Waals surface area contributed by atoms with Crippen molar-refractivity contribution in [1.29, 1.82) is 0 Å². The van der Waals surface area contributed by atoms with Crippen LogP contribution < -0.4 is 5.32 Å². The van der Waals surface area contributed by atoms with Crippen LogP contribution in [0, 0.1) is 5.82 Å². The summed E-state index contributed by atoms with van der Waals surface area (Å²) < 4.78 is 13.8. The van der Waals surface area contributed by atoms with E-state index in [-0.39, 0.29) is 5.82 Å². The summed E-state index contributed by atoms with van der Waals surface area (Å²) in [4.78, 5) is 21.4. The first-order valence-corrected chi connectivity index (χ1v) is 11.4. The maximum Gasteiger partial charge on any atom is 0.181 e. The fourth-order valence-electron chi connectivity index (χ4n) is 4.06. The van der Waals surface area contributed by atoms with Crippen molar-refractivity contribution in [3.05, 3.63) is 85.3 Å². The van der Waals surface area contributed by atoms with Crippen LogP contribution >= 0.6 is 0 Å². The minimum absolute atomic E-state index is 0.313. The number of aromatic nitrogens is 7. The lowest BCUT2D eigenvalue weighted by atomic mass is 10.1. The lowest BCUT2D eigenvalue weighted by Gasteiger charge is -2.07. The van der Waals surface area contributed by atoms with Crippen LogP contribution in [0.5, 0.6) is 0 Å². The Morgan fingerprint density at radius 3 is 2.69 bits per heavy atom. The van der Waals surface area contributed by atoms with Crippen LogP contribution in [-0.4, -0.2) is 35.1 Å². The quantitative estimate of drug-likeness (QED) is 0.268. The van der Waals surface area contributed by atoms with Gasteiger partial charge in [0, 0.05) is 41.0 Å². The molecule has 3 N–H and O–H groups in total. The van der Waals surface area contributed by atoms with Crippen LogP contribution in [0.15, 0.2) is 79.5 Å². The molecule has 0 aliphatic carbocycles. The third-order valence-electron chi connectivity index (χ3n) is 6.00. The van der Waals surface area contributed by atoms with E-state index in [0.717, 1.165) is 45.5 Å². The lowest BCUT2D eigenvalue weighted by Crippen LogP contribution is -1.98. The Morgan fingerprint density at radius 1 is 1.00 bits per heavy atom. The number of benzene rings is 1. The molecule has 0 atom stereocenters. The SMILES string of the molecule is C=C(CC)Nc1ccc(-c2cnc3n[nH]c(-c4nc5c(-c6cccc(F)c6)cncc5[nH]4)c3c2)cn1. The average molecular weight is 477 g/mol. The highest BCUT2D eigenvalue weighted by Crippen LogP contribution is 2.32. The number of fused-ring (bicyclic) bond motifs is 2. The summed E-state index contributed by atoms with van der Waals surface area (Å²) in [7, 11) is 0. The Labute approximate surface area is 205 Å². The largest absolute Gasteiger partial charge is 0.344 e. The van der Waals surface area contributed by atoms with E-state index < -0.39 is 0 Å². The maximum absolute atomic E-state index is 13.8. The van der Waals surface area contributed by atoms with Crippen molar-refractivity contribution in [2.24, 2.45) is 0 Å². The molecule has 36 heavy (non-hydrogen) atoms. The number of pyridine rings is 3. The predicted molar refractivity (Wildman–Crippen MR) is 138 cm³/mol. The summed E-state index contributed by atoms with van der Waals surface area (Å²) in [6.45, 7) is 5.99. The molecule has 0 spiro atoms. The van der Waals surface area contributed by atoms with Crippen molar-refractivity contribution in [1.82, 2.24) is 35.1 Å². The molecule has 0 aliphatic heterocycles. The van der Waals surface area contributed by atoms with Gasteiger partial charge in [-0.05, 0) is 42.3 Å². The van der Waals surface area contributed by atoms with Crippen LogP contribution in [0.3, 0.4) is 0 Å². The number of hydrogen-bond donors (Lipinski definition) is 3. The van der Waals surface area contributed by atoms with Crippen LogP contribution in [0.4, 0.5) is 10.2 Å². The Bertz CT molecular complexity index is 1730. The van der Waals surface area contributed by atoms with E-state index in [4.69, 9.17) is 4.98 Å². The van der Waals surface area contributed by atoms with Gasteiger partial charge in [0.1, 0.15) is 17.3 Å². The predicted octanol–water partition coefficient (Wildman–Crippen LogP) is 6.10. The Hall–Kier alpha value is -4.92. The number of halogens is 1. The molecule has 6 rings (SSSR count). The molecule has 0 radical (unpaired) electrons. The molecule has 0 saturated carbocycles. The van der Waals surface area contributed by atoms with Gasteiger partial charge in [0.05, 0.1) is 22.6 Å². The standard InChI is InChI=1S/C27H21FN8/c1-3-15(2)32-23-8-7-17(11-30-23)18-10-20-25(35-36-26(20)31-12-18)27-33-22-14-29-13-21(24(22)34-27)16-5-4-6-19(28)9-16/h4-14H,2-3H2,1H3,(H,30,32)(H,33,34)(H,31,35,36). The van der Waals surface area contributed by atoms with Gasteiger partial charge in [0.15, 0.2) is 11.5 Å². The monoisotopic (exact) mass is 476 g/mol. The first-order valence-electron chi connectivity index (χ1n) is 11.4. The minimum atomic E-state index is -0.313. The van der Waals surface area contributed by atoms with Gasteiger partial charge in [-0.25, -0.2) is 19.3 Å². The molecule has 0 amide bonds. The summed E-state index contributed by atoms with van der Waals surface area (Å²) in [6, 6.07) is 12.3. The van der Waals surface area contributed by atoms with Crippen molar-refractivity contribution >= 4 is 27.9 Å². The first kappa shape index (κ1) is 21.6. The number of rotatable bonds is 6. The molecule has 0 bridgehead atoms. The van der Waals surface area contributed by atoms with Gasteiger partial charge in [0.2, 0.25) is 0 Å². The second kappa shape index (κ2) is 8.70. The zero-order valence-corrected chi connectivity index (χ0v) is 19.4. The van der Waals surface area contributed by atoms with Crippen LogP contribution in [0.1, 0.15) is 13.3 Å². The number of allylic oxidation sites excluding steroid dienone is 1. The normalized spacial score (nSPS) is 11.3. The number of anilines is 1. The van der Waals surface area contributed by atoms with E-state index in [1.165, 1.54) is 12.1 Å².